The number of aliphatic imine (C=N–C) groups is 1. The van der Waals surface area contributed by atoms with E-state index in [9.17, 15) is 18.0 Å². The number of rotatable bonds is 4. The summed E-state index contributed by atoms with van der Waals surface area (Å²) < 4.78 is 51.0. The Labute approximate surface area is 202 Å². The Hall–Kier alpha value is -2.79. The molecule has 1 fully saturated rings. The first-order chi connectivity index (χ1) is 16.3. The third-order valence-electron chi connectivity index (χ3n) is 6.69. The van der Waals surface area contributed by atoms with Gasteiger partial charge in [0.2, 0.25) is 0 Å². The van der Waals surface area contributed by atoms with Gasteiger partial charge in [0, 0.05) is 43.5 Å². The number of carbonyl (C=O) groups excluding carboxylic acids is 1. The van der Waals surface area contributed by atoms with Gasteiger partial charge in [-0.15, -0.1) is 0 Å². The van der Waals surface area contributed by atoms with Crippen LogP contribution >= 0.6 is 0 Å². The van der Waals surface area contributed by atoms with E-state index in [1.54, 1.807) is 11.8 Å². The maximum Gasteiger partial charge on any atom is 0.416 e. The molecule has 3 aliphatic rings. The normalized spacial score (nSPS) is 26.3. The summed E-state index contributed by atoms with van der Waals surface area (Å²) in [5, 5.41) is 6.79. The molecule has 0 saturated carbocycles. The van der Waals surface area contributed by atoms with Crippen LogP contribution in [0.2, 0.25) is 0 Å². The second kappa shape index (κ2) is 9.02. The van der Waals surface area contributed by atoms with E-state index in [0.29, 0.717) is 43.9 Å². The van der Waals surface area contributed by atoms with Crippen LogP contribution in [-0.2, 0) is 20.4 Å². The van der Waals surface area contributed by atoms with Gasteiger partial charge >= 0.3 is 6.18 Å². The summed E-state index contributed by atoms with van der Waals surface area (Å²) >= 11 is 0. The van der Waals surface area contributed by atoms with E-state index in [0.717, 1.165) is 23.4 Å². The molecule has 1 aromatic carbocycles. The molecule has 4 rings (SSSR count). The highest BCUT2D eigenvalue weighted by molar-refractivity contribution is 6.02. The van der Waals surface area contributed by atoms with Crippen molar-refractivity contribution in [2.45, 2.75) is 57.1 Å². The van der Waals surface area contributed by atoms with Crippen molar-refractivity contribution in [1.29, 1.82) is 0 Å². The Morgan fingerprint density at radius 2 is 2.03 bits per heavy atom. The number of nitrogens with zero attached hydrogens (tertiary/aromatic N) is 2. The van der Waals surface area contributed by atoms with Crippen molar-refractivity contribution < 1.29 is 27.4 Å². The zero-order valence-electron chi connectivity index (χ0n) is 20.4. The first-order valence-electron chi connectivity index (χ1n) is 11.6. The summed E-state index contributed by atoms with van der Waals surface area (Å²) in [6.07, 6.45) is -3.42. The highest BCUT2D eigenvalue weighted by Crippen LogP contribution is 2.34. The average molecular weight is 496 g/mol. The van der Waals surface area contributed by atoms with Gasteiger partial charge in [-0.05, 0) is 44.5 Å². The molecule has 1 amide bonds. The van der Waals surface area contributed by atoms with Crippen molar-refractivity contribution in [2.24, 2.45) is 4.99 Å². The van der Waals surface area contributed by atoms with Gasteiger partial charge in [0.25, 0.3) is 5.91 Å². The molecule has 11 heteroatoms. The van der Waals surface area contributed by atoms with Crippen molar-refractivity contribution in [3.8, 4) is 0 Å². The van der Waals surface area contributed by atoms with Crippen molar-refractivity contribution in [2.75, 3.05) is 39.1 Å². The number of nitrogens with two attached hydrogens (primary N) is 1. The second-order valence-electron chi connectivity index (χ2n) is 9.85. The number of amides is 1. The molecule has 2 atom stereocenters. The summed E-state index contributed by atoms with van der Waals surface area (Å²) in [6, 6.07) is 2.89. The van der Waals surface area contributed by atoms with Gasteiger partial charge in [0.1, 0.15) is 11.5 Å². The standard InChI is InChI=1S/C24H32F3N5O3/c1-14(15-9-16(24(25,26)27)11-17(28)10-15)29-20-18-12-32(7-5-19(18)30-22(2,3)31-20)21(33)23(34-4)6-8-35-13-23/h9-11,14,30H,5-8,12-13,28H2,1-4H3,(H,29,31)/t14-,23?/m1/s1. The van der Waals surface area contributed by atoms with Crippen LogP contribution in [0.25, 0.3) is 0 Å². The number of nitrogen functional groups attached to an aromatic ring is 1. The molecule has 3 aliphatic heterocycles. The molecule has 8 nitrogen and oxygen atoms in total. The van der Waals surface area contributed by atoms with Gasteiger partial charge in [-0.1, -0.05) is 0 Å². The molecule has 4 N–H and O–H groups in total. The Bertz CT molecular complexity index is 1060. The fourth-order valence-corrected chi connectivity index (χ4v) is 4.78. The number of benzene rings is 1. The fourth-order valence-electron chi connectivity index (χ4n) is 4.78. The third kappa shape index (κ3) is 5.11. The predicted octanol–water partition coefficient (Wildman–Crippen LogP) is 2.97. The minimum absolute atomic E-state index is 0.0264. The van der Waals surface area contributed by atoms with Crippen LogP contribution < -0.4 is 16.4 Å². The molecule has 0 spiro atoms. The summed E-state index contributed by atoms with van der Waals surface area (Å²) in [5.74, 6) is 0.408. The summed E-state index contributed by atoms with van der Waals surface area (Å²) in [6.45, 7) is 7.11. The minimum atomic E-state index is -4.51. The van der Waals surface area contributed by atoms with Crippen molar-refractivity contribution in [3.05, 3.63) is 40.6 Å². The quantitative estimate of drug-likeness (QED) is 0.556. The maximum atomic E-state index is 13.4. The van der Waals surface area contributed by atoms with E-state index in [-0.39, 0.29) is 18.2 Å². The SMILES string of the molecule is COC1(C(=O)N2CCC3=C(C2)C(=N[C@H](C)c2cc(N)cc(C(F)(F)F)c2)NC(C)(C)N3)CCOC1. The van der Waals surface area contributed by atoms with E-state index >= 15 is 0 Å². The Balaban J connectivity index is 1.65. The van der Waals surface area contributed by atoms with Gasteiger partial charge in [0.15, 0.2) is 5.60 Å². The Morgan fingerprint density at radius 1 is 1.29 bits per heavy atom. The highest BCUT2D eigenvalue weighted by Gasteiger charge is 2.46. The molecule has 0 aliphatic carbocycles. The van der Waals surface area contributed by atoms with Gasteiger partial charge in [-0.3, -0.25) is 9.79 Å². The molecule has 1 saturated heterocycles. The van der Waals surface area contributed by atoms with Crippen LogP contribution in [0.5, 0.6) is 0 Å². The number of methoxy groups -OCH3 is 1. The monoisotopic (exact) mass is 495 g/mol. The highest BCUT2D eigenvalue weighted by atomic mass is 19.4. The molecule has 0 radical (unpaired) electrons. The zero-order valence-corrected chi connectivity index (χ0v) is 20.4. The number of hydrogen-bond donors (Lipinski definition) is 3. The first-order valence-corrected chi connectivity index (χ1v) is 11.6. The first kappa shape index (κ1) is 25.3. The largest absolute Gasteiger partial charge is 0.416 e. The van der Waals surface area contributed by atoms with E-state index < -0.39 is 29.0 Å². The molecular weight excluding hydrogens is 463 g/mol. The van der Waals surface area contributed by atoms with E-state index in [1.807, 2.05) is 13.8 Å². The number of ether oxygens (including phenoxy) is 2. The van der Waals surface area contributed by atoms with Crippen LogP contribution in [0.4, 0.5) is 18.9 Å². The van der Waals surface area contributed by atoms with E-state index in [2.05, 4.69) is 10.6 Å². The Morgan fingerprint density at radius 3 is 2.66 bits per heavy atom. The molecule has 35 heavy (non-hydrogen) atoms. The number of halogens is 3. The van der Waals surface area contributed by atoms with Crippen LogP contribution in [0, 0.1) is 0 Å². The van der Waals surface area contributed by atoms with Crippen LogP contribution in [0.3, 0.4) is 0 Å². The molecule has 1 aromatic rings. The smallest absolute Gasteiger partial charge is 0.399 e. The van der Waals surface area contributed by atoms with Gasteiger partial charge in [-0.25, -0.2) is 0 Å². The van der Waals surface area contributed by atoms with E-state index in [4.69, 9.17) is 20.2 Å². The number of hydrogen-bond acceptors (Lipinski definition) is 6. The second-order valence-corrected chi connectivity index (χ2v) is 9.85. The van der Waals surface area contributed by atoms with E-state index in [1.165, 1.54) is 13.2 Å². The van der Waals surface area contributed by atoms with Crippen LogP contribution in [-0.4, -0.2) is 61.3 Å². The van der Waals surface area contributed by atoms with Crippen molar-refractivity contribution in [1.82, 2.24) is 15.5 Å². The number of carbonyl (C=O) groups is 1. The average Bonchev–Trinajstić information content (AvgIpc) is 3.27. The summed E-state index contributed by atoms with van der Waals surface area (Å²) in [7, 11) is 1.52. The van der Waals surface area contributed by atoms with Crippen molar-refractivity contribution in [3.63, 3.8) is 0 Å². The van der Waals surface area contributed by atoms with Gasteiger partial charge < -0.3 is 30.7 Å². The molecular formula is C24H32F3N5O3. The number of nitrogens with one attached hydrogen (secondary N) is 2. The molecule has 0 bridgehead atoms. The van der Waals surface area contributed by atoms with Gasteiger partial charge in [-0.2, -0.15) is 13.2 Å². The zero-order chi connectivity index (χ0) is 25.6. The lowest BCUT2D eigenvalue weighted by Gasteiger charge is -2.43. The predicted molar refractivity (Wildman–Crippen MR) is 125 cm³/mol. The number of amidine groups is 1. The fraction of sp³-hybridized carbons (Fsp3) is 0.583. The van der Waals surface area contributed by atoms with Gasteiger partial charge in [0.05, 0.1) is 31.4 Å². The van der Waals surface area contributed by atoms with Crippen LogP contribution in [0.15, 0.2) is 34.5 Å². The molecule has 0 aromatic heterocycles. The van der Waals surface area contributed by atoms with Crippen LogP contribution in [0.1, 0.15) is 50.8 Å². The minimum Gasteiger partial charge on any atom is -0.399 e. The summed E-state index contributed by atoms with van der Waals surface area (Å²) in [5.41, 5.74) is 5.59. The number of alkyl halides is 3. The molecule has 3 heterocycles. The summed E-state index contributed by atoms with van der Waals surface area (Å²) in [4.78, 5) is 19.9. The maximum absolute atomic E-state index is 13.4. The van der Waals surface area contributed by atoms with Crippen molar-refractivity contribution >= 4 is 17.4 Å². The molecule has 192 valence electrons. The lowest BCUT2D eigenvalue weighted by Crippen LogP contribution is -2.62. The lowest BCUT2D eigenvalue weighted by molar-refractivity contribution is -0.154. The third-order valence-corrected chi connectivity index (χ3v) is 6.69. The topological polar surface area (TPSA) is 101 Å². The number of anilines is 1. The molecule has 1 unspecified atom stereocenters. The lowest BCUT2D eigenvalue weighted by atomic mass is 9.95. The Kier molecular flexibility index (Phi) is 6.52.